The monoisotopic (exact) mass is 410 g/mol. The van der Waals surface area contributed by atoms with Crippen LogP contribution < -0.4 is 4.74 Å². The molecule has 30 heavy (non-hydrogen) atoms. The van der Waals surface area contributed by atoms with Gasteiger partial charge in [0.05, 0.1) is 17.7 Å². The molecule has 1 aliphatic heterocycles. The molecule has 0 atom stereocenters. The van der Waals surface area contributed by atoms with Crippen molar-refractivity contribution in [3.63, 3.8) is 0 Å². The van der Waals surface area contributed by atoms with Crippen LogP contribution >= 0.6 is 0 Å². The van der Waals surface area contributed by atoms with Crippen LogP contribution in [0.25, 0.3) is 11.1 Å². The summed E-state index contributed by atoms with van der Waals surface area (Å²) in [5.74, 6) is 0.125. The van der Waals surface area contributed by atoms with E-state index in [0.717, 1.165) is 42.8 Å². The minimum absolute atomic E-state index is 0.00216. The summed E-state index contributed by atoms with van der Waals surface area (Å²) in [4.78, 5) is 13.3. The fourth-order valence-corrected chi connectivity index (χ4v) is 3.80. The summed E-state index contributed by atoms with van der Waals surface area (Å²) >= 11 is 0. The molecule has 0 aliphatic carbocycles. The molecule has 0 aromatic heterocycles. The summed E-state index contributed by atoms with van der Waals surface area (Å²) in [7, 11) is 0. The Morgan fingerprint density at radius 2 is 1.83 bits per heavy atom. The van der Waals surface area contributed by atoms with Crippen molar-refractivity contribution >= 4 is 5.97 Å². The molecule has 1 N–H and O–H groups in total. The van der Waals surface area contributed by atoms with E-state index >= 15 is 0 Å². The molecular formula is C24H27FN2O3. The van der Waals surface area contributed by atoms with Gasteiger partial charge in [0.1, 0.15) is 17.5 Å². The third-order valence-corrected chi connectivity index (χ3v) is 5.35. The van der Waals surface area contributed by atoms with Crippen LogP contribution in [0.3, 0.4) is 0 Å². The molecule has 5 nitrogen and oxygen atoms in total. The highest BCUT2D eigenvalue weighted by Crippen LogP contribution is 2.26. The van der Waals surface area contributed by atoms with Crippen molar-refractivity contribution in [2.75, 3.05) is 26.2 Å². The van der Waals surface area contributed by atoms with Crippen LogP contribution in [-0.2, 0) is 0 Å². The van der Waals surface area contributed by atoms with Gasteiger partial charge in [0.15, 0.2) is 0 Å². The maximum atomic E-state index is 13.8. The number of ether oxygens (including phenoxy) is 1. The number of piperidine rings is 1. The predicted octanol–water partition coefficient (Wildman–Crippen LogP) is 4.76. The zero-order valence-corrected chi connectivity index (χ0v) is 17.4. The molecule has 0 bridgehead atoms. The first kappa shape index (κ1) is 21.8. The molecule has 1 aliphatic rings. The first-order chi connectivity index (χ1) is 14.2. The number of rotatable bonds is 7. The van der Waals surface area contributed by atoms with E-state index in [0.29, 0.717) is 19.1 Å². The van der Waals surface area contributed by atoms with Gasteiger partial charge in [-0.15, -0.1) is 0 Å². The Balaban J connectivity index is 1.55. The molecule has 0 radical (unpaired) electrons. The number of alkyl halides is 1. The molecular weight excluding hydrogens is 383 g/mol. The summed E-state index contributed by atoms with van der Waals surface area (Å²) in [5.41, 5.74) is 0.655. The lowest BCUT2D eigenvalue weighted by atomic mass is 9.96. The molecule has 158 valence electrons. The van der Waals surface area contributed by atoms with E-state index in [1.54, 1.807) is 26.0 Å². The van der Waals surface area contributed by atoms with Crippen LogP contribution in [0.2, 0.25) is 0 Å². The normalized spacial score (nSPS) is 15.5. The molecule has 3 rings (SSSR count). The first-order valence-corrected chi connectivity index (χ1v) is 10.2. The van der Waals surface area contributed by atoms with E-state index in [1.165, 1.54) is 6.07 Å². The topological polar surface area (TPSA) is 73.6 Å². The standard InChI is InChI=1S/C24H27FN2O3/c1-24(2,25)16-27-11-9-17(10-12-27)15-30-21-6-3-18(4-7-21)19-5-8-22(23(28)29)20(13-19)14-26/h3-8,13,17H,9-12,15-16H2,1-2H3,(H,28,29). The first-order valence-electron chi connectivity index (χ1n) is 10.2. The van der Waals surface area contributed by atoms with Gasteiger partial charge in [-0.3, -0.25) is 0 Å². The van der Waals surface area contributed by atoms with Crippen LogP contribution in [0.4, 0.5) is 4.39 Å². The lowest BCUT2D eigenvalue weighted by molar-refractivity contribution is 0.0696. The molecule has 6 heteroatoms. The number of hydrogen-bond acceptors (Lipinski definition) is 4. The van der Waals surface area contributed by atoms with Crippen molar-refractivity contribution in [3.8, 4) is 22.9 Å². The minimum atomic E-state index is -1.16. The smallest absolute Gasteiger partial charge is 0.337 e. The summed E-state index contributed by atoms with van der Waals surface area (Å²) in [6, 6.07) is 14.3. The van der Waals surface area contributed by atoms with Gasteiger partial charge in [0.25, 0.3) is 0 Å². The lowest BCUT2D eigenvalue weighted by Gasteiger charge is -2.34. The number of hydrogen-bond donors (Lipinski definition) is 1. The van der Waals surface area contributed by atoms with Gasteiger partial charge in [-0.1, -0.05) is 18.2 Å². The van der Waals surface area contributed by atoms with Crippen LogP contribution in [0.1, 0.15) is 42.6 Å². The Hall–Kier alpha value is -2.91. The van der Waals surface area contributed by atoms with E-state index in [9.17, 15) is 14.4 Å². The average Bonchev–Trinajstić information content (AvgIpc) is 2.72. The molecule has 0 spiro atoms. The molecule has 2 aromatic rings. The number of nitriles is 1. The van der Waals surface area contributed by atoms with Crippen molar-refractivity contribution in [1.29, 1.82) is 5.26 Å². The van der Waals surface area contributed by atoms with Crippen LogP contribution in [0.15, 0.2) is 42.5 Å². The lowest BCUT2D eigenvalue weighted by Crippen LogP contribution is -2.41. The number of carboxylic acids is 1. The molecule has 1 saturated heterocycles. The van der Waals surface area contributed by atoms with Gasteiger partial charge in [-0.05, 0) is 81.1 Å². The Labute approximate surface area is 176 Å². The van der Waals surface area contributed by atoms with E-state index in [-0.39, 0.29) is 11.1 Å². The molecule has 0 unspecified atom stereocenters. The van der Waals surface area contributed by atoms with Gasteiger partial charge in [-0.2, -0.15) is 5.26 Å². The summed E-state index contributed by atoms with van der Waals surface area (Å²) in [6.45, 7) is 6.14. The summed E-state index contributed by atoms with van der Waals surface area (Å²) in [6.07, 6.45) is 2.00. The maximum absolute atomic E-state index is 13.8. The third-order valence-electron chi connectivity index (χ3n) is 5.35. The number of benzene rings is 2. The van der Waals surface area contributed by atoms with Gasteiger partial charge in [0, 0.05) is 6.54 Å². The van der Waals surface area contributed by atoms with Crippen LogP contribution in [0, 0.1) is 17.2 Å². The SMILES string of the molecule is CC(C)(F)CN1CCC(COc2ccc(-c3ccc(C(=O)O)c(C#N)c3)cc2)CC1. The Morgan fingerprint density at radius 1 is 1.20 bits per heavy atom. The molecule has 0 amide bonds. The fourth-order valence-electron chi connectivity index (χ4n) is 3.80. The second kappa shape index (κ2) is 9.27. The number of aromatic carboxylic acids is 1. The van der Waals surface area contributed by atoms with Crippen LogP contribution in [-0.4, -0.2) is 47.9 Å². The van der Waals surface area contributed by atoms with Crippen molar-refractivity contribution in [2.24, 2.45) is 5.92 Å². The number of halogens is 1. The van der Waals surface area contributed by atoms with Crippen LogP contribution in [0.5, 0.6) is 5.75 Å². The number of carbonyl (C=O) groups is 1. The van der Waals surface area contributed by atoms with Gasteiger partial charge >= 0.3 is 5.97 Å². The number of carboxylic acid groups (broad SMARTS) is 1. The second-order valence-electron chi connectivity index (χ2n) is 8.45. The largest absolute Gasteiger partial charge is 0.493 e. The maximum Gasteiger partial charge on any atom is 0.337 e. The highest BCUT2D eigenvalue weighted by molar-refractivity contribution is 5.91. The Bertz CT molecular complexity index is 921. The predicted molar refractivity (Wildman–Crippen MR) is 113 cm³/mol. The molecule has 1 fully saturated rings. The van der Waals surface area contributed by atoms with E-state index in [4.69, 9.17) is 9.84 Å². The number of nitrogens with zero attached hydrogens (tertiary/aromatic N) is 2. The third kappa shape index (κ3) is 5.80. The van der Waals surface area contributed by atoms with E-state index in [2.05, 4.69) is 4.90 Å². The number of likely N-dealkylation sites (tertiary alicyclic amines) is 1. The van der Waals surface area contributed by atoms with Gasteiger partial charge in [0.2, 0.25) is 0 Å². The minimum Gasteiger partial charge on any atom is -0.493 e. The van der Waals surface area contributed by atoms with Crippen molar-refractivity contribution in [3.05, 3.63) is 53.6 Å². The molecule has 0 saturated carbocycles. The van der Waals surface area contributed by atoms with Gasteiger partial charge < -0.3 is 14.7 Å². The van der Waals surface area contributed by atoms with Gasteiger partial charge in [-0.25, -0.2) is 9.18 Å². The second-order valence-corrected chi connectivity index (χ2v) is 8.45. The Kier molecular flexibility index (Phi) is 6.73. The highest BCUT2D eigenvalue weighted by atomic mass is 19.1. The zero-order chi connectivity index (χ0) is 21.7. The van der Waals surface area contributed by atoms with Crippen molar-refractivity contribution < 1.29 is 19.0 Å². The highest BCUT2D eigenvalue weighted by Gasteiger charge is 2.25. The average molecular weight is 410 g/mol. The van der Waals surface area contributed by atoms with Crippen molar-refractivity contribution in [2.45, 2.75) is 32.4 Å². The van der Waals surface area contributed by atoms with E-state index < -0.39 is 11.6 Å². The van der Waals surface area contributed by atoms with E-state index in [1.807, 2.05) is 30.3 Å². The summed E-state index contributed by atoms with van der Waals surface area (Å²) in [5, 5.41) is 18.3. The zero-order valence-electron chi connectivity index (χ0n) is 17.4. The quantitative estimate of drug-likeness (QED) is 0.712. The van der Waals surface area contributed by atoms with Crippen molar-refractivity contribution in [1.82, 2.24) is 4.90 Å². The Morgan fingerprint density at radius 3 is 2.40 bits per heavy atom. The molecule has 2 aromatic carbocycles. The fraction of sp³-hybridized carbons (Fsp3) is 0.417. The molecule has 1 heterocycles. The summed E-state index contributed by atoms with van der Waals surface area (Å²) < 4.78 is 19.7.